The third-order valence-electron chi connectivity index (χ3n) is 3.90. The van der Waals surface area contributed by atoms with Crippen LogP contribution in [0.2, 0.25) is 5.02 Å². The maximum atomic E-state index is 12.5. The molecule has 1 aliphatic rings. The van der Waals surface area contributed by atoms with Crippen LogP contribution in [0.3, 0.4) is 0 Å². The van der Waals surface area contributed by atoms with Crippen molar-refractivity contribution in [3.05, 3.63) is 35.1 Å². The number of rotatable bonds is 2. The van der Waals surface area contributed by atoms with E-state index in [0.717, 1.165) is 24.9 Å². The molecule has 7 nitrogen and oxygen atoms in total. The fourth-order valence-electron chi connectivity index (χ4n) is 2.81. The number of tetrazole rings is 1. The zero-order chi connectivity index (χ0) is 18.0. The van der Waals surface area contributed by atoms with Crippen molar-refractivity contribution >= 4 is 17.7 Å². The van der Waals surface area contributed by atoms with Crippen molar-refractivity contribution in [1.82, 2.24) is 25.1 Å². The maximum absolute atomic E-state index is 12.5. The molecule has 3 rings (SSSR count). The van der Waals surface area contributed by atoms with E-state index in [1.54, 1.807) is 17.0 Å². The number of benzene rings is 1. The molecule has 1 aromatic heterocycles. The summed E-state index contributed by atoms with van der Waals surface area (Å²) in [5.74, 6) is 0.519. The van der Waals surface area contributed by atoms with Crippen LogP contribution in [0.15, 0.2) is 24.3 Å². The molecule has 0 spiro atoms. The van der Waals surface area contributed by atoms with Gasteiger partial charge in [0.25, 0.3) is 0 Å². The van der Waals surface area contributed by atoms with Gasteiger partial charge in [-0.05, 0) is 63.4 Å². The molecule has 1 aromatic carbocycles. The third-order valence-corrected chi connectivity index (χ3v) is 4.13. The van der Waals surface area contributed by atoms with E-state index in [9.17, 15) is 4.79 Å². The Kier molecular flexibility index (Phi) is 4.94. The summed E-state index contributed by atoms with van der Waals surface area (Å²) >= 11 is 6.02. The molecule has 0 saturated carbocycles. The Morgan fingerprint density at radius 2 is 2.12 bits per heavy atom. The fourth-order valence-corrected chi connectivity index (χ4v) is 2.99. The number of piperidine rings is 1. The summed E-state index contributed by atoms with van der Waals surface area (Å²) in [7, 11) is 0. The number of hydrogen-bond acceptors (Lipinski definition) is 5. The number of carbonyl (C=O) groups excluding carboxylic acids is 1. The molecule has 25 heavy (non-hydrogen) atoms. The van der Waals surface area contributed by atoms with E-state index >= 15 is 0 Å². The first-order chi connectivity index (χ1) is 11.8. The quantitative estimate of drug-likeness (QED) is 0.811. The molecule has 1 fully saturated rings. The van der Waals surface area contributed by atoms with Crippen LogP contribution in [0.5, 0.6) is 0 Å². The highest BCUT2D eigenvalue weighted by Gasteiger charge is 2.34. The highest BCUT2D eigenvalue weighted by Crippen LogP contribution is 2.30. The molecular formula is C17H22ClN5O2. The van der Waals surface area contributed by atoms with Crippen molar-refractivity contribution in [1.29, 1.82) is 0 Å². The Bertz CT molecular complexity index is 755. The van der Waals surface area contributed by atoms with E-state index in [4.69, 9.17) is 16.3 Å². The topological polar surface area (TPSA) is 73.1 Å². The summed E-state index contributed by atoms with van der Waals surface area (Å²) in [6, 6.07) is 7.00. The predicted molar refractivity (Wildman–Crippen MR) is 93.7 cm³/mol. The molecule has 0 radical (unpaired) electrons. The summed E-state index contributed by atoms with van der Waals surface area (Å²) < 4.78 is 5.52. The van der Waals surface area contributed by atoms with Gasteiger partial charge in [-0.15, -0.1) is 15.0 Å². The molecule has 1 unspecified atom stereocenters. The molecule has 8 heteroatoms. The second-order valence-electron chi connectivity index (χ2n) is 7.10. The van der Waals surface area contributed by atoms with E-state index in [1.807, 2.05) is 32.9 Å². The Morgan fingerprint density at radius 1 is 1.32 bits per heavy atom. The normalized spacial score (nSPS) is 18.2. The molecule has 2 heterocycles. The summed E-state index contributed by atoms with van der Waals surface area (Å²) in [4.78, 5) is 15.7. The number of halogens is 1. The molecule has 0 N–H and O–H groups in total. The summed E-state index contributed by atoms with van der Waals surface area (Å²) in [5, 5.41) is 13.3. The lowest BCUT2D eigenvalue weighted by Crippen LogP contribution is -2.42. The second-order valence-corrected chi connectivity index (χ2v) is 7.54. The maximum Gasteiger partial charge on any atom is 0.410 e. The fraction of sp³-hybridized carbons (Fsp3) is 0.529. The average Bonchev–Trinajstić information content (AvgIpc) is 3.03. The monoisotopic (exact) mass is 363 g/mol. The minimum Gasteiger partial charge on any atom is -0.444 e. The number of likely N-dealkylation sites (tertiary alicyclic amines) is 1. The van der Waals surface area contributed by atoms with Crippen LogP contribution in [0.4, 0.5) is 4.79 Å². The zero-order valence-electron chi connectivity index (χ0n) is 14.6. The average molecular weight is 364 g/mol. The van der Waals surface area contributed by atoms with Crippen LogP contribution < -0.4 is 0 Å². The number of nitrogens with zero attached hydrogens (tertiary/aromatic N) is 5. The van der Waals surface area contributed by atoms with Crippen LogP contribution in [0.25, 0.3) is 5.69 Å². The molecule has 1 aliphatic heterocycles. The summed E-state index contributed by atoms with van der Waals surface area (Å²) in [6.45, 7) is 6.21. The van der Waals surface area contributed by atoms with Crippen molar-refractivity contribution in [2.45, 2.75) is 51.7 Å². The van der Waals surface area contributed by atoms with Gasteiger partial charge in [-0.25, -0.2) is 4.79 Å². The lowest BCUT2D eigenvalue weighted by atomic mass is 10.0. The highest BCUT2D eigenvalue weighted by molar-refractivity contribution is 6.30. The Morgan fingerprint density at radius 3 is 2.84 bits per heavy atom. The van der Waals surface area contributed by atoms with E-state index in [0.29, 0.717) is 17.4 Å². The van der Waals surface area contributed by atoms with Gasteiger partial charge in [0, 0.05) is 11.6 Å². The molecule has 0 aliphatic carbocycles. The Hall–Kier alpha value is -2.15. The van der Waals surface area contributed by atoms with Crippen LogP contribution >= 0.6 is 11.6 Å². The molecule has 1 saturated heterocycles. The first-order valence-corrected chi connectivity index (χ1v) is 8.77. The molecule has 1 atom stereocenters. The largest absolute Gasteiger partial charge is 0.444 e. The van der Waals surface area contributed by atoms with Crippen molar-refractivity contribution in [2.24, 2.45) is 0 Å². The molecule has 0 bridgehead atoms. The SMILES string of the molecule is CC(C)(C)OC(=O)N1CCCCC1c1nnn(-c2cccc(Cl)c2)n1. The minimum atomic E-state index is -0.537. The lowest BCUT2D eigenvalue weighted by molar-refractivity contribution is 0.00843. The van der Waals surface area contributed by atoms with Gasteiger partial charge in [0.1, 0.15) is 5.60 Å². The molecular weight excluding hydrogens is 342 g/mol. The van der Waals surface area contributed by atoms with Gasteiger partial charge in [-0.2, -0.15) is 0 Å². The van der Waals surface area contributed by atoms with Crippen molar-refractivity contribution in [3.8, 4) is 5.69 Å². The molecule has 134 valence electrons. The molecule has 2 aromatic rings. The summed E-state index contributed by atoms with van der Waals surface area (Å²) in [6.07, 6.45) is 2.41. The van der Waals surface area contributed by atoms with E-state index < -0.39 is 5.60 Å². The standard InChI is InChI=1S/C17H22ClN5O2/c1-17(2,3)25-16(24)22-10-5-4-9-14(22)15-19-21-23(20-15)13-8-6-7-12(18)11-13/h6-8,11,14H,4-5,9-10H2,1-3H3. The number of ether oxygens (including phenoxy) is 1. The van der Waals surface area contributed by atoms with Gasteiger partial charge >= 0.3 is 6.09 Å². The Labute approximate surface area is 151 Å². The van der Waals surface area contributed by atoms with Crippen LogP contribution in [0.1, 0.15) is 51.9 Å². The molecule has 1 amide bonds. The van der Waals surface area contributed by atoms with Crippen molar-refractivity contribution < 1.29 is 9.53 Å². The van der Waals surface area contributed by atoms with Crippen LogP contribution in [-0.2, 0) is 4.74 Å². The second kappa shape index (κ2) is 7.00. The zero-order valence-corrected chi connectivity index (χ0v) is 15.4. The van der Waals surface area contributed by atoms with Gasteiger partial charge in [-0.3, -0.25) is 4.90 Å². The van der Waals surface area contributed by atoms with Gasteiger partial charge < -0.3 is 4.74 Å². The first kappa shape index (κ1) is 17.7. The number of amides is 1. The van der Waals surface area contributed by atoms with Crippen molar-refractivity contribution in [2.75, 3.05) is 6.54 Å². The summed E-state index contributed by atoms with van der Waals surface area (Å²) in [5.41, 5.74) is 0.191. The number of carbonyl (C=O) groups is 1. The lowest BCUT2D eigenvalue weighted by Gasteiger charge is -2.35. The van der Waals surface area contributed by atoms with Crippen LogP contribution in [0, 0.1) is 0 Å². The van der Waals surface area contributed by atoms with E-state index in [-0.39, 0.29) is 12.1 Å². The highest BCUT2D eigenvalue weighted by atomic mass is 35.5. The van der Waals surface area contributed by atoms with Gasteiger partial charge in [-0.1, -0.05) is 17.7 Å². The van der Waals surface area contributed by atoms with E-state index in [2.05, 4.69) is 15.4 Å². The predicted octanol–water partition coefficient (Wildman–Crippen LogP) is 3.78. The first-order valence-electron chi connectivity index (χ1n) is 8.39. The third kappa shape index (κ3) is 4.28. The minimum absolute atomic E-state index is 0.225. The van der Waals surface area contributed by atoms with Crippen molar-refractivity contribution in [3.63, 3.8) is 0 Å². The number of aromatic nitrogens is 4. The number of hydrogen-bond donors (Lipinski definition) is 0. The van der Waals surface area contributed by atoms with Gasteiger partial charge in [0.2, 0.25) is 0 Å². The Balaban J connectivity index is 1.82. The van der Waals surface area contributed by atoms with E-state index in [1.165, 1.54) is 4.80 Å². The van der Waals surface area contributed by atoms with Crippen LogP contribution in [-0.4, -0.2) is 43.3 Å². The van der Waals surface area contributed by atoms with Gasteiger partial charge in [0.15, 0.2) is 5.82 Å². The smallest absolute Gasteiger partial charge is 0.410 e. The van der Waals surface area contributed by atoms with Gasteiger partial charge in [0.05, 0.1) is 11.7 Å².